The molecule has 2 fully saturated rings. The second-order valence-electron chi connectivity index (χ2n) is 9.32. The molecule has 0 unspecified atom stereocenters. The van der Waals surface area contributed by atoms with Crippen LogP contribution in [0.2, 0.25) is 0 Å². The van der Waals surface area contributed by atoms with Gasteiger partial charge in [0, 0.05) is 35.7 Å². The number of nitrogens with one attached hydrogen (secondary N) is 3. The van der Waals surface area contributed by atoms with E-state index in [-0.39, 0.29) is 36.7 Å². The molecule has 9 heteroatoms. The lowest BCUT2D eigenvalue weighted by molar-refractivity contribution is -0.131. The number of carbonyl (C=O) groups is 2. The molecule has 35 heavy (non-hydrogen) atoms. The lowest BCUT2D eigenvalue weighted by Crippen LogP contribution is -2.46. The van der Waals surface area contributed by atoms with Gasteiger partial charge < -0.3 is 30.7 Å². The number of rotatable bonds is 6. The summed E-state index contributed by atoms with van der Waals surface area (Å²) >= 11 is 1.69. The molecule has 3 aliphatic rings. The van der Waals surface area contributed by atoms with Gasteiger partial charge in [0.05, 0.1) is 37.4 Å². The number of amides is 3. The normalized spacial score (nSPS) is 24.9. The number of anilines is 1. The van der Waals surface area contributed by atoms with Gasteiger partial charge in [0.25, 0.3) is 0 Å². The smallest absolute Gasteiger partial charge is 0.315 e. The van der Waals surface area contributed by atoms with Gasteiger partial charge in [0.2, 0.25) is 5.91 Å². The number of hydrogen-bond acceptors (Lipinski definition) is 6. The fourth-order valence-electron chi connectivity index (χ4n) is 5.31. The number of aliphatic hydroxyl groups is 1. The van der Waals surface area contributed by atoms with Gasteiger partial charge in [0.15, 0.2) is 0 Å². The van der Waals surface area contributed by atoms with Gasteiger partial charge in [-0.3, -0.25) is 4.79 Å². The highest BCUT2D eigenvalue weighted by Crippen LogP contribution is 2.39. The standard InChI is InChI=1S/C26H32N4O4S/c1-35-24-7-3-2-5-17(24)21-6-4-10-30(21)25(32)14-28-26(33)27-13-16-8-9-19-18(11-16)23-12-20(29-19)22(31)15-34-23/h2-3,5,7-9,11,20-23,29,31H,4,6,10,12-15H2,1H3,(H2,27,28,33)/t20-,21+,22-,23+/m1/s1. The van der Waals surface area contributed by atoms with Crippen LogP contribution in [-0.2, 0) is 16.1 Å². The van der Waals surface area contributed by atoms with E-state index in [1.54, 1.807) is 11.8 Å². The van der Waals surface area contributed by atoms with Gasteiger partial charge in [-0.15, -0.1) is 11.8 Å². The second-order valence-corrected chi connectivity index (χ2v) is 10.2. The fraction of sp³-hybridized carbons (Fsp3) is 0.462. The average Bonchev–Trinajstić information content (AvgIpc) is 3.38. The molecule has 0 aromatic heterocycles. The summed E-state index contributed by atoms with van der Waals surface area (Å²) in [6.07, 6.45) is 4.13. The summed E-state index contributed by atoms with van der Waals surface area (Å²) in [5.41, 5.74) is 4.15. The molecule has 2 aromatic carbocycles. The van der Waals surface area contributed by atoms with Crippen LogP contribution in [-0.4, -0.2) is 60.0 Å². The second kappa shape index (κ2) is 10.5. The summed E-state index contributed by atoms with van der Waals surface area (Å²) in [5.74, 6) is -0.0652. The molecular weight excluding hydrogens is 464 g/mol. The minimum Gasteiger partial charge on any atom is -0.389 e. The van der Waals surface area contributed by atoms with Crippen LogP contribution in [0.3, 0.4) is 0 Å². The first kappa shape index (κ1) is 24.0. The van der Waals surface area contributed by atoms with Gasteiger partial charge in [-0.25, -0.2) is 4.79 Å². The van der Waals surface area contributed by atoms with Crippen LogP contribution in [0.15, 0.2) is 47.4 Å². The maximum absolute atomic E-state index is 12.9. The van der Waals surface area contributed by atoms with Crippen molar-refractivity contribution in [1.29, 1.82) is 0 Å². The molecule has 3 heterocycles. The molecule has 0 aliphatic carbocycles. The first-order valence-corrected chi connectivity index (χ1v) is 13.4. The molecule has 3 aliphatic heterocycles. The molecular formula is C26H32N4O4S. The van der Waals surface area contributed by atoms with Crippen molar-refractivity contribution >= 4 is 29.4 Å². The molecule has 0 radical (unpaired) electrons. The Morgan fingerprint density at radius 3 is 2.91 bits per heavy atom. The van der Waals surface area contributed by atoms with Crippen molar-refractivity contribution in [3.8, 4) is 0 Å². The molecule has 4 atom stereocenters. The first-order valence-electron chi connectivity index (χ1n) is 12.2. The molecule has 8 nitrogen and oxygen atoms in total. The molecule has 3 amide bonds. The van der Waals surface area contributed by atoms with Crippen LogP contribution in [0.4, 0.5) is 10.5 Å². The van der Waals surface area contributed by atoms with Crippen molar-refractivity contribution in [3.63, 3.8) is 0 Å². The Hall–Kier alpha value is -2.75. The van der Waals surface area contributed by atoms with Crippen molar-refractivity contribution < 1.29 is 19.4 Å². The zero-order valence-corrected chi connectivity index (χ0v) is 20.6. The minimum atomic E-state index is -0.497. The number of likely N-dealkylation sites (tertiary alicyclic amines) is 1. The SMILES string of the molecule is CSc1ccccc1[C@@H]1CCCN1C(=O)CNC(=O)NCc1ccc2c(c1)[C@@H]1C[C@@H](N2)[C@H](O)CO1. The zero-order valence-electron chi connectivity index (χ0n) is 19.8. The van der Waals surface area contributed by atoms with Crippen LogP contribution < -0.4 is 16.0 Å². The van der Waals surface area contributed by atoms with Crippen LogP contribution >= 0.6 is 11.8 Å². The maximum Gasteiger partial charge on any atom is 0.315 e. The van der Waals surface area contributed by atoms with E-state index in [9.17, 15) is 14.7 Å². The Balaban J connectivity index is 1.14. The molecule has 0 saturated carbocycles. The number of benzene rings is 2. The quantitative estimate of drug-likeness (QED) is 0.458. The summed E-state index contributed by atoms with van der Waals surface area (Å²) in [5, 5.41) is 19.0. The summed E-state index contributed by atoms with van der Waals surface area (Å²) in [7, 11) is 0. The van der Waals surface area contributed by atoms with Gasteiger partial charge in [-0.1, -0.05) is 24.3 Å². The third-order valence-corrected chi connectivity index (χ3v) is 7.94. The fourth-order valence-corrected chi connectivity index (χ4v) is 5.97. The molecule has 2 aromatic rings. The predicted molar refractivity (Wildman–Crippen MR) is 135 cm³/mol. The van der Waals surface area contributed by atoms with E-state index in [1.165, 1.54) is 10.5 Å². The number of thioether (sulfide) groups is 1. The van der Waals surface area contributed by atoms with E-state index in [0.29, 0.717) is 19.7 Å². The highest BCUT2D eigenvalue weighted by Gasteiger charge is 2.36. The van der Waals surface area contributed by atoms with Crippen LogP contribution in [0, 0.1) is 0 Å². The molecule has 2 bridgehead atoms. The summed E-state index contributed by atoms with van der Waals surface area (Å²) in [4.78, 5) is 28.4. The Labute approximate surface area is 209 Å². The minimum absolute atomic E-state index is 0.0120. The van der Waals surface area contributed by atoms with Gasteiger partial charge >= 0.3 is 6.03 Å². The number of nitrogens with zero attached hydrogens (tertiary/aromatic N) is 1. The third-order valence-electron chi connectivity index (χ3n) is 7.13. The topological polar surface area (TPSA) is 103 Å². The third kappa shape index (κ3) is 5.12. The van der Waals surface area contributed by atoms with Crippen molar-refractivity contribution in [2.75, 3.05) is 31.3 Å². The Bertz CT molecular complexity index is 1100. The molecule has 2 saturated heterocycles. The highest BCUT2D eigenvalue weighted by atomic mass is 32.2. The van der Waals surface area contributed by atoms with Crippen molar-refractivity contribution in [3.05, 3.63) is 59.2 Å². The Kier molecular flexibility index (Phi) is 7.17. The summed E-state index contributed by atoms with van der Waals surface area (Å²) in [6.45, 7) is 1.35. The molecule has 5 rings (SSSR count). The Morgan fingerprint density at radius 2 is 2.06 bits per heavy atom. The summed E-state index contributed by atoms with van der Waals surface area (Å²) < 4.78 is 5.80. The summed E-state index contributed by atoms with van der Waals surface area (Å²) in [6, 6.07) is 13.9. The maximum atomic E-state index is 12.9. The first-order chi connectivity index (χ1) is 17.0. The number of aliphatic hydroxyl groups excluding tert-OH is 1. The number of urea groups is 1. The Morgan fingerprint density at radius 1 is 1.20 bits per heavy atom. The van der Waals surface area contributed by atoms with Crippen LogP contribution in [0.5, 0.6) is 0 Å². The predicted octanol–water partition coefficient (Wildman–Crippen LogP) is 3.19. The van der Waals surface area contributed by atoms with Gasteiger partial charge in [0.1, 0.15) is 0 Å². The van der Waals surface area contributed by atoms with Crippen molar-refractivity contribution in [2.45, 2.75) is 55.0 Å². The van der Waals surface area contributed by atoms with Crippen LogP contribution in [0.1, 0.15) is 48.1 Å². The molecule has 0 spiro atoms. The van der Waals surface area contributed by atoms with Crippen LogP contribution in [0.25, 0.3) is 0 Å². The lowest BCUT2D eigenvalue weighted by Gasteiger charge is -2.40. The van der Waals surface area contributed by atoms with Crippen molar-refractivity contribution in [2.24, 2.45) is 0 Å². The lowest BCUT2D eigenvalue weighted by atomic mass is 9.89. The van der Waals surface area contributed by atoms with E-state index in [4.69, 9.17) is 4.74 Å². The zero-order chi connectivity index (χ0) is 24.4. The number of fused-ring (bicyclic) bond motifs is 4. The van der Waals surface area contributed by atoms with E-state index < -0.39 is 6.10 Å². The largest absolute Gasteiger partial charge is 0.389 e. The van der Waals surface area contributed by atoms with Crippen molar-refractivity contribution in [1.82, 2.24) is 15.5 Å². The number of hydrogen-bond donors (Lipinski definition) is 4. The van der Waals surface area contributed by atoms with E-state index in [1.807, 2.05) is 41.5 Å². The van der Waals surface area contributed by atoms with Gasteiger partial charge in [-0.2, -0.15) is 0 Å². The molecule has 4 N–H and O–H groups in total. The van der Waals surface area contributed by atoms with E-state index in [2.05, 4.69) is 28.1 Å². The van der Waals surface area contributed by atoms with E-state index in [0.717, 1.165) is 36.1 Å². The van der Waals surface area contributed by atoms with E-state index >= 15 is 0 Å². The number of ether oxygens (including phenoxy) is 1. The average molecular weight is 497 g/mol. The van der Waals surface area contributed by atoms with Gasteiger partial charge in [-0.05, 0) is 48.4 Å². The highest BCUT2D eigenvalue weighted by molar-refractivity contribution is 7.98. The monoisotopic (exact) mass is 496 g/mol. The number of carbonyl (C=O) groups excluding carboxylic acids is 2. The molecule has 186 valence electrons.